The Labute approximate surface area is 113 Å². The zero-order valence-corrected chi connectivity index (χ0v) is 12.2. The first-order valence-electron chi connectivity index (χ1n) is 5.03. The smallest absolute Gasteiger partial charge is 0.247 e. The summed E-state index contributed by atoms with van der Waals surface area (Å²) in [4.78, 5) is 3.98. The average molecular weight is 331 g/mol. The summed E-state index contributed by atoms with van der Waals surface area (Å²) in [6.07, 6.45) is 1.28. The lowest BCUT2D eigenvalue weighted by molar-refractivity contribution is 0.599. The molecule has 8 heteroatoms. The fraction of sp³-hybridized carbons (Fsp3) is 0.200. The normalized spacial score (nSPS) is 11.5. The monoisotopic (exact) mass is 330 g/mol. The van der Waals surface area contributed by atoms with Crippen molar-refractivity contribution in [2.75, 3.05) is 4.72 Å². The van der Waals surface area contributed by atoms with Crippen molar-refractivity contribution >= 4 is 31.9 Å². The molecule has 1 aromatic heterocycles. The van der Waals surface area contributed by atoms with Crippen molar-refractivity contribution in [2.24, 2.45) is 7.05 Å². The van der Waals surface area contributed by atoms with Crippen LogP contribution >= 0.6 is 15.9 Å². The van der Waals surface area contributed by atoms with Crippen molar-refractivity contribution in [3.8, 4) is 0 Å². The number of aromatic nitrogens is 3. The van der Waals surface area contributed by atoms with Crippen LogP contribution in [0.5, 0.6) is 0 Å². The molecule has 0 aliphatic carbocycles. The van der Waals surface area contributed by atoms with E-state index in [0.29, 0.717) is 4.47 Å². The Kier molecular flexibility index (Phi) is 3.40. The summed E-state index contributed by atoms with van der Waals surface area (Å²) in [5.74, 6) is 0.169. The number of benzene rings is 1. The highest BCUT2D eigenvalue weighted by Gasteiger charge is 2.19. The average Bonchev–Trinajstić information content (AvgIpc) is 2.63. The molecule has 0 atom stereocenters. The topological polar surface area (TPSA) is 76.9 Å². The molecular weight excluding hydrogens is 320 g/mol. The molecule has 0 aliphatic rings. The standard InChI is InChI=1S/C10H11BrN4O2S/c1-7-3-4-9(8(11)5-7)18(16,17)14-10-12-6-13-15(10)2/h3-6H,1-2H3,(H,12,13,14). The van der Waals surface area contributed by atoms with Crippen LogP contribution in [0.3, 0.4) is 0 Å². The summed E-state index contributed by atoms with van der Waals surface area (Å²) in [5.41, 5.74) is 0.972. The molecule has 1 heterocycles. The number of halogens is 1. The summed E-state index contributed by atoms with van der Waals surface area (Å²) in [5, 5.41) is 3.80. The Morgan fingerprint density at radius 2 is 2.11 bits per heavy atom. The molecule has 0 saturated carbocycles. The van der Waals surface area contributed by atoms with Crippen LogP contribution in [0.15, 0.2) is 33.9 Å². The van der Waals surface area contributed by atoms with E-state index in [2.05, 4.69) is 30.7 Å². The molecule has 1 N–H and O–H groups in total. The lowest BCUT2D eigenvalue weighted by Gasteiger charge is -2.08. The van der Waals surface area contributed by atoms with Crippen molar-refractivity contribution < 1.29 is 8.42 Å². The first-order chi connectivity index (χ1) is 8.40. The van der Waals surface area contributed by atoms with Gasteiger partial charge in [-0.1, -0.05) is 6.07 Å². The summed E-state index contributed by atoms with van der Waals surface area (Å²) in [6, 6.07) is 5.01. The number of nitrogens with zero attached hydrogens (tertiary/aromatic N) is 3. The molecule has 0 unspecified atom stereocenters. The lowest BCUT2D eigenvalue weighted by atomic mass is 10.2. The first kappa shape index (κ1) is 13.0. The Bertz CT molecular complexity index is 681. The van der Waals surface area contributed by atoms with Crippen LogP contribution in [0.1, 0.15) is 5.56 Å². The van der Waals surface area contributed by atoms with Crippen molar-refractivity contribution in [3.63, 3.8) is 0 Å². The van der Waals surface area contributed by atoms with Gasteiger partial charge in [-0.3, -0.25) is 0 Å². The van der Waals surface area contributed by atoms with Crippen molar-refractivity contribution in [3.05, 3.63) is 34.6 Å². The van der Waals surface area contributed by atoms with Gasteiger partial charge in [-0.25, -0.2) is 17.8 Å². The Hall–Kier alpha value is -1.41. The molecule has 6 nitrogen and oxygen atoms in total. The number of aryl methyl sites for hydroxylation is 2. The van der Waals surface area contributed by atoms with E-state index in [9.17, 15) is 8.42 Å². The van der Waals surface area contributed by atoms with Gasteiger partial charge in [0.2, 0.25) is 5.95 Å². The van der Waals surface area contributed by atoms with Gasteiger partial charge in [0.05, 0.1) is 0 Å². The maximum absolute atomic E-state index is 12.2. The number of sulfonamides is 1. The highest BCUT2D eigenvalue weighted by molar-refractivity contribution is 9.10. The summed E-state index contributed by atoms with van der Waals surface area (Å²) < 4.78 is 28.6. The minimum Gasteiger partial charge on any atom is -0.247 e. The van der Waals surface area contributed by atoms with Crippen LogP contribution in [0.4, 0.5) is 5.95 Å². The van der Waals surface area contributed by atoms with Crippen LogP contribution in [0.2, 0.25) is 0 Å². The fourth-order valence-electron chi connectivity index (χ4n) is 1.39. The van der Waals surface area contributed by atoms with E-state index in [1.54, 1.807) is 19.2 Å². The van der Waals surface area contributed by atoms with Crippen LogP contribution in [0.25, 0.3) is 0 Å². The largest absolute Gasteiger partial charge is 0.265 e. The fourth-order valence-corrected chi connectivity index (χ4v) is 3.62. The molecule has 0 radical (unpaired) electrons. The number of nitrogens with one attached hydrogen (secondary N) is 1. The van der Waals surface area contributed by atoms with E-state index >= 15 is 0 Å². The zero-order valence-electron chi connectivity index (χ0n) is 9.75. The predicted octanol–water partition coefficient (Wildman–Crippen LogP) is 1.69. The SMILES string of the molecule is Cc1ccc(S(=O)(=O)Nc2ncnn2C)c(Br)c1. The third-order valence-electron chi connectivity index (χ3n) is 2.31. The van der Waals surface area contributed by atoms with Gasteiger partial charge >= 0.3 is 0 Å². The number of hydrogen-bond donors (Lipinski definition) is 1. The van der Waals surface area contributed by atoms with Crippen molar-refractivity contribution in [2.45, 2.75) is 11.8 Å². The van der Waals surface area contributed by atoms with E-state index < -0.39 is 10.0 Å². The van der Waals surface area contributed by atoms with Crippen LogP contribution in [-0.2, 0) is 17.1 Å². The molecular formula is C10H11BrN4O2S. The lowest BCUT2D eigenvalue weighted by Crippen LogP contribution is -2.16. The molecule has 96 valence electrons. The number of hydrogen-bond acceptors (Lipinski definition) is 4. The molecule has 0 bridgehead atoms. The quantitative estimate of drug-likeness (QED) is 0.928. The van der Waals surface area contributed by atoms with Crippen molar-refractivity contribution in [1.29, 1.82) is 0 Å². The highest BCUT2D eigenvalue weighted by Crippen LogP contribution is 2.24. The molecule has 18 heavy (non-hydrogen) atoms. The van der Waals surface area contributed by atoms with Crippen LogP contribution in [-0.4, -0.2) is 23.2 Å². The third-order valence-corrected chi connectivity index (χ3v) is 4.62. The molecule has 0 saturated heterocycles. The molecule has 0 fully saturated rings. The van der Waals surface area contributed by atoms with Gasteiger partial charge in [-0.15, -0.1) is 0 Å². The van der Waals surface area contributed by atoms with E-state index in [4.69, 9.17) is 0 Å². The molecule has 0 aliphatic heterocycles. The van der Waals surface area contributed by atoms with Gasteiger partial charge in [0, 0.05) is 11.5 Å². The van der Waals surface area contributed by atoms with Gasteiger partial charge in [0.25, 0.3) is 10.0 Å². The van der Waals surface area contributed by atoms with Gasteiger partial charge in [0.1, 0.15) is 11.2 Å². The second-order valence-corrected chi connectivity index (χ2v) is 6.25. The van der Waals surface area contributed by atoms with Gasteiger partial charge in [0.15, 0.2) is 0 Å². The molecule has 1 aromatic carbocycles. The second-order valence-electron chi connectivity index (χ2n) is 3.75. The van der Waals surface area contributed by atoms with E-state index in [0.717, 1.165) is 5.56 Å². The minimum absolute atomic E-state index is 0.163. The number of anilines is 1. The maximum Gasteiger partial charge on any atom is 0.265 e. The van der Waals surface area contributed by atoms with Crippen LogP contribution in [0, 0.1) is 6.92 Å². The maximum atomic E-state index is 12.2. The zero-order chi connectivity index (χ0) is 13.3. The molecule has 0 spiro atoms. The first-order valence-corrected chi connectivity index (χ1v) is 7.31. The summed E-state index contributed by atoms with van der Waals surface area (Å²) in [6.45, 7) is 1.89. The van der Waals surface area contributed by atoms with Gasteiger partial charge < -0.3 is 0 Å². The van der Waals surface area contributed by atoms with E-state index in [1.807, 2.05) is 6.92 Å². The molecule has 2 rings (SSSR count). The minimum atomic E-state index is -3.67. The van der Waals surface area contributed by atoms with E-state index in [-0.39, 0.29) is 10.8 Å². The Morgan fingerprint density at radius 1 is 1.39 bits per heavy atom. The summed E-state index contributed by atoms with van der Waals surface area (Å²) >= 11 is 3.24. The Balaban J connectivity index is 2.40. The number of rotatable bonds is 3. The van der Waals surface area contributed by atoms with Crippen molar-refractivity contribution in [1.82, 2.24) is 14.8 Å². The third kappa shape index (κ3) is 2.54. The van der Waals surface area contributed by atoms with Crippen LogP contribution < -0.4 is 4.72 Å². The van der Waals surface area contributed by atoms with Gasteiger partial charge in [-0.05, 0) is 40.5 Å². The molecule has 0 amide bonds. The Morgan fingerprint density at radius 3 is 2.67 bits per heavy atom. The summed E-state index contributed by atoms with van der Waals surface area (Å²) in [7, 11) is -2.07. The van der Waals surface area contributed by atoms with Gasteiger partial charge in [-0.2, -0.15) is 10.1 Å². The molecule has 2 aromatic rings. The van der Waals surface area contributed by atoms with E-state index in [1.165, 1.54) is 17.1 Å². The second kappa shape index (κ2) is 4.69. The highest BCUT2D eigenvalue weighted by atomic mass is 79.9. The predicted molar refractivity (Wildman–Crippen MR) is 70.7 cm³/mol.